The average molecular weight is 825 g/mol. The number of halogens is 1. The molecule has 5 aliphatic heterocycles. The van der Waals surface area contributed by atoms with Crippen LogP contribution in [-0.4, -0.2) is 116 Å². The fraction of sp³-hybridized carbons (Fsp3) is 0.413. The van der Waals surface area contributed by atoms with Crippen molar-refractivity contribution < 1.29 is 23.6 Å². The summed E-state index contributed by atoms with van der Waals surface area (Å²) in [5.74, 6) is 0.262. The molecule has 0 aliphatic carbocycles. The van der Waals surface area contributed by atoms with Crippen molar-refractivity contribution in [2.75, 3.05) is 55.6 Å². The summed E-state index contributed by atoms with van der Waals surface area (Å²) in [6.45, 7) is 7.58. The van der Waals surface area contributed by atoms with Crippen LogP contribution in [0.4, 0.5) is 16.0 Å². The first kappa shape index (κ1) is 39.2. The van der Waals surface area contributed by atoms with Crippen LogP contribution in [0, 0.1) is 5.82 Å². The molecule has 0 saturated carbocycles. The first-order valence-electron chi connectivity index (χ1n) is 21.6. The lowest BCUT2D eigenvalue weighted by atomic mass is 9.96. The van der Waals surface area contributed by atoms with Crippen LogP contribution in [0.3, 0.4) is 0 Å². The van der Waals surface area contributed by atoms with Crippen molar-refractivity contribution in [1.82, 2.24) is 39.6 Å². The second-order valence-electron chi connectivity index (χ2n) is 17.0. The van der Waals surface area contributed by atoms with E-state index in [-0.39, 0.29) is 24.2 Å². The summed E-state index contributed by atoms with van der Waals surface area (Å²) in [7, 11) is 0. The number of piperazine rings is 1. The van der Waals surface area contributed by atoms with E-state index in [1.165, 1.54) is 6.07 Å². The van der Waals surface area contributed by atoms with Gasteiger partial charge in [-0.05, 0) is 104 Å². The Kier molecular flexibility index (Phi) is 10.6. The first-order valence-corrected chi connectivity index (χ1v) is 21.6. The number of ketones is 1. The third kappa shape index (κ3) is 7.70. The summed E-state index contributed by atoms with van der Waals surface area (Å²) >= 11 is 0. The van der Waals surface area contributed by atoms with Crippen LogP contribution in [0.25, 0.3) is 17.0 Å². The van der Waals surface area contributed by atoms with Crippen LogP contribution in [0.15, 0.2) is 79.0 Å². The topological polar surface area (TPSA) is 140 Å². The molecule has 15 heteroatoms. The molecule has 8 heterocycles. The number of Topliss-reactive ketones (excluding diaryl/α,β-unsaturated/α-hetero) is 1. The number of rotatable bonds is 10. The molecule has 61 heavy (non-hydrogen) atoms. The SMILES string of the molecule is O=CC(=O)C1c2cc(CN3CCC(N4CCN(c5cccc(-c6cnc7ccc(N8CCCC8c8cccc(F)c8)nn67)n5)CC4)CC3)ccc2CN1C1CCC(=O)NC1=O. The maximum atomic E-state index is 14.1. The molecule has 2 aromatic carbocycles. The highest BCUT2D eigenvalue weighted by Crippen LogP contribution is 2.39. The molecular weight excluding hydrogens is 776 g/mol. The molecule has 3 atom stereocenters. The Morgan fingerprint density at radius 3 is 2.49 bits per heavy atom. The molecule has 5 aliphatic rings. The molecule has 5 aromatic rings. The minimum atomic E-state index is -0.821. The predicted molar refractivity (Wildman–Crippen MR) is 226 cm³/mol. The Labute approximate surface area is 353 Å². The number of imide groups is 1. The Morgan fingerprint density at radius 2 is 1.69 bits per heavy atom. The standard InChI is InChI=1S/C46H49FN10O4/c47-33-5-1-4-31(25-33)37-7-3-17-55(37)43-13-12-41-48-26-39(57(41)51-43)36-6-2-8-42(49-36)54-22-20-53(21-23-54)34-15-18-52(19-16-34)27-30-9-10-32-28-56(38-11-14-44(60)50-46(38)61)45(35(32)24-30)40(59)29-58/h1-2,4-6,8-10,12-13,24-26,29,34,37-38,45H,3,7,11,14-23,27-28H2,(H,50,60,61). The van der Waals surface area contributed by atoms with Gasteiger partial charge in [-0.3, -0.25) is 39.2 Å². The fourth-order valence-corrected chi connectivity index (χ4v) is 10.3. The van der Waals surface area contributed by atoms with Crippen molar-refractivity contribution in [3.8, 4) is 11.4 Å². The number of hydrogen-bond donors (Lipinski definition) is 1. The highest BCUT2D eigenvalue weighted by Gasteiger charge is 2.43. The zero-order chi connectivity index (χ0) is 41.6. The number of anilines is 2. The van der Waals surface area contributed by atoms with Gasteiger partial charge in [-0.15, -0.1) is 5.10 Å². The first-order chi connectivity index (χ1) is 29.8. The highest BCUT2D eigenvalue weighted by molar-refractivity contribution is 6.27. The van der Waals surface area contributed by atoms with Gasteiger partial charge in [0, 0.05) is 58.3 Å². The number of nitrogens with one attached hydrogen (secondary N) is 1. The van der Waals surface area contributed by atoms with Crippen molar-refractivity contribution in [2.45, 2.75) is 75.8 Å². The second-order valence-corrected chi connectivity index (χ2v) is 17.0. The number of carbonyl (C=O) groups is 4. The van der Waals surface area contributed by atoms with Gasteiger partial charge < -0.3 is 9.80 Å². The third-order valence-corrected chi connectivity index (χ3v) is 13.4. The van der Waals surface area contributed by atoms with Gasteiger partial charge in [-0.2, -0.15) is 0 Å². The van der Waals surface area contributed by atoms with Crippen molar-refractivity contribution >= 4 is 41.2 Å². The van der Waals surface area contributed by atoms with E-state index < -0.39 is 23.8 Å². The van der Waals surface area contributed by atoms with Crippen molar-refractivity contribution in [3.05, 3.63) is 107 Å². The van der Waals surface area contributed by atoms with Gasteiger partial charge in [0.2, 0.25) is 17.6 Å². The summed E-state index contributed by atoms with van der Waals surface area (Å²) in [6, 6.07) is 22.3. The molecule has 14 nitrogen and oxygen atoms in total. The zero-order valence-corrected chi connectivity index (χ0v) is 34.0. The Hall–Kier alpha value is -5.90. The number of amides is 2. The number of nitrogens with zero attached hydrogens (tertiary/aromatic N) is 9. The fourth-order valence-electron chi connectivity index (χ4n) is 10.3. The maximum Gasteiger partial charge on any atom is 0.243 e. The summed E-state index contributed by atoms with van der Waals surface area (Å²) in [6.07, 6.45) is 6.81. The molecule has 0 radical (unpaired) electrons. The highest BCUT2D eigenvalue weighted by atomic mass is 19.1. The van der Waals surface area contributed by atoms with Gasteiger partial charge >= 0.3 is 0 Å². The Morgan fingerprint density at radius 1 is 0.852 bits per heavy atom. The van der Waals surface area contributed by atoms with E-state index >= 15 is 0 Å². The molecule has 0 bridgehead atoms. The van der Waals surface area contributed by atoms with Crippen LogP contribution in [0.1, 0.15) is 72.9 Å². The molecule has 4 fully saturated rings. The van der Waals surface area contributed by atoms with E-state index in [0.717, 1.165) is 129 Å². The number of piperidine rings is 2. The van der Waals surface area contributed by atoms with E-state index in [9.17, 15) is 23.6 Å². The Bertz CT molecular complexity index is 2500. The molecule has 10 rings (SSSR count). The number of fused-ring (bicyclic) bond motifs is 2. The predicted octanol–water partition coefficient (Wildman–Crippen LogP) is 4.49. The summed E-state index contributed by atoms with van der Waals surface area (Å²) in [5, 5.41) is 7.44. The van der Waals surface area contributed by atoms with Crippen molar-refractivity contribution in [2.24, 2.45) is 0 Å². The summed E-state index contributed by atoms with van der Waals surface area (Å²) in [5.41, 5.74) is 6.15. The minimum absolute atomic E-state index is 0.0664. The van der Waals surface area contributed by atoms with E-state index in [4.69, 9.17) is 10.1 Å². The van der Waals surface area contributed by atoms with Gasteiger partial charge in [0.05, 0.1) is 24.0 Å². The molecule has 4 saturated heterocycles. The third-order valence-electron chi connectivity index (χ3n) is 13.4. The van der Waals surface area contributed by atoms with Crippen molar-refractivity contribution in [3.63, 3.8) is 0 Å². The number of aldehydes is 1. The van der Waals surface area contributed by atoms with Crippen LogP contribution in [0.2, 0.25) is 0 Å². The second kappa shape index (κ2) is 16.5. The van der Waals surface area contributed by atoms with E-state index in [1.807, 2.05) is 47.1 Å². The molecule has 3 aromatic heterocycles. The normalized spacial score (nSPS) is 23.1. The van der Waals surface area contributed by atoms with E-state index in [0.29, 0.717) is 25.3 Å². The molecule has 2 amide bonds. The number of pyridine rings is 1. The number of hydrogen-bond acceptors (Lipinski definition) is 12. The molecular formula is C46H49FN10O4. The smallest absolute Gasteiger partial charge is 0.243 e. The number of imidazole rings is 1. The van der Waals surface area contributed by atoms with E-state index in [1.54, 1.807) is 17.0 Å². The van der Waals surface area contributed by atoms with Gasteiger partial charge in [0.1, 0.15) is 29.2 Å². The number of aromatic nitrogens is 4. The van der Waals surface area contributed by atoms with Gasteiger partial charge in [-0.25, -0.2) is 18.9 Å². The quantitative estimate of drug-likeness (QED) is 0.121. The van der Waals surface area contributed by atoms with Crippen molar-refractivity contribution in [1.29, 1.82) is 0 Å². The maximum absolute atomic E-state index is 14.1. The monoisotopic (exact) mass is 824 g/mol. The molecule has 314 valence electrons. The van der Waals surface area contributed by atoms with Gasteiger partial charge in [-0.1, -0.05) is 36.4 Å². The number of benzene rings is 2. The summed E-state index contributed by atoms with van der Waals surface area (Å²) in [4.78, 5) is 70.5. The van der Waals surface area contributed by atoms with Crippen LogP contribution < -0.4 is 15.1 Å². The average Bonchev–Trinajstić information content (AvgIpc) is 4.04. The van der Waals surface area contributed by atoms with Gasteiger partial charge in [0.25, 0.3) is 0 Å². The van der Waals surface area contributed by atoms with Crippen LogP contribution in [-0.2, 0) is 32.3 Å². The summed E-state index contributed by atoms with van der Waals surface area (Å²) < 4.78 is 16.0. The lowest BCUT2D eigenvalue weighted by Gasteiger charge is -2.43. The Balaban J connectivity index is 0.752. The number of likely N-dealkylation sites (tertiary alicyclic amines) is 1. The van der Waals surface area contributed by atoms with E-state index in [2.05, 4.69) is 48.1 Å². The van der Waals surface area contributed by atoms with Gasteiger partial charge in [0.15, 0.2) is 11.9 Å². The van der Waals surface area contributed by atoms with Crippen LogP contribution in [0.5, 0.6) is 0 Å². The molecule has 1 N–H and O–H groups in total. The lowest BCUT2D eigenvalue weighted by molar-refractivity contribution is -0.141. The largest absolute Gasteiger partial charge is 0.354 e. The lowest BCUT2D eigenvalue weighted by Crippen LogP contribution is -2.53. The zero-order valence-electron chi connectivity index (χ0n) is 34.0. The minimum Gasteiger partial charge on any atom is -0.354 e. The molecule has 3 unspecified atom stereocenters. The number of carbonyl (C=O) groups excluding carboxylic acids is 4. The van der Waals surface area contributed by atoms with Crippen LogP contribution >= 0.6 is 0 Å². The molecule has 0 spiro atoms.